The van der Waals surface area contributed by atoms with Gasteiger partial charge in [0.25, 0.3) is 0 Å². The van der Waals surface area contributed by atoms with Gasteiger partial charge in [0, 0.05) is 44.0 Å². The molecule has 0 unspecified atom stereocenters. The Balaban J connectivity index is 1.62. The number of anilines is 2. The average molecular weight is 550 g/mol. The molecule has 0 N–H and O–H groups in total. The molecule has 0 heterocycles. The molecule has 37 heavy (non-hydrogen) atoms. The molecular formula is C34H33BrN2. The molecule has 0 radical (unpaired) electrons. The minimum absolute atomic E-state index is 1.08. The van der Waals surface area contributed by atoms with Gasteiger partial charge in [-0.25, -0.2) is 0 Å². The third-order valence-electron chi connectivity index (χ3n) is 6.09. The molecule has 0 aromatic heterocycles. The Morgan fingerprint density at radius 1 is 0.405 bits per heavy atom. The van der Waals surface area contributed by atoms with Crippen LogP contribution in [0, 0.1) is 0 Å². The third kappa shape index (κ3) is 7.83. The highest BCUT2D eigenvalue weighted by atomic mass is 79.9. The van der Waals surface area contributed by atoms with Crippen LogP contribution >= 0.6 is 15.9 Å². The second-order valence-electron chi connectivity index (χ2n) is 9.46. The van der Waals surface area contributed by atoms with Crippen molar-refractivity contribution in [2.45, 2.75) is 0 Å². The van der Waals surface area contributed by atoms with E-state index in [0.717, 1.165) is 21.2 Å². The van der Waals surface area contributed by atoms with Crippen molar-refractivity contribution in [1.82, 2.24) is 0 Å². The van der Waals surface area contributed by atoms with Gasteiger partial charge in [-0.2, -0.15) is 0 Å². The summed E-state index contributed by atoms with van der Waals surface area (Å²) in [5.41, 5.74) is 9.42. The van der Waals surface area contributed by atoms with E-state index in [1.165, 1.54) is 28.1 Å². The zero-order valence-corrected chi connectivity index (χ0v) is 23.5. The van der Waals surface area contributed by atoms with Gasteiger partial charge in [-0.3, -0.25) is 0 Å². The summed E-state index contributed by atoms with van der Waals surface area (Å²) in [6.07, 6.45) is 13.0. The van der Waals surface area contributed by atoms with Crippen molar-refractivity contribution in [3.05, 3.63) is 129 Å². The summed E-state index contributed by atoms with van der Waals surface area (Å²) in [5, 5.41) is 0. The van der Waals surface area contributed by atoms with E-state index in [2.05, 4.69) is 181 Å². The molecule has 0 atom stereocenters. The van der Waals surface area contributed by atoms with Crippen LogP contribution in [0.1, 0.15) is 33.4 Å². The maximum absolute atomic E-state index is 3.51. The average Bonchev–Trinajstić information content (AvgIpc) is 2.91. The Morgan fingerprint density at radius 2 is 0.676 bits per heavy atom. The second-order valence-corrected chi connectivity index (χ2v) is 10.4. The monoisotopic (exact) mass is 548 g/mol. The molecule has 0 saturated carbocycles. The van der Waals surface area contributed by atoms with Gasteiger partial charge in [0.05, 0.1) is 0 Å². The molecule has 4 aromatic carbocycles. The summed E-state index contributed by atoms with van der Waals surface area (Å²) in [6, 6.07) is 32.2. The highest BCUT2D eigenvalue weighted by Crippen LogP contribution is 2.21. The summed E-state index contributed by atoms with van der Waals surface area (Å²) >= 11 is 3.51. The van der Waals surface area contributed by atoms with Crippen LogP contribution in [0.4, 0.5) is 11.4 Å². The van der Waals surface area contributed by atoms with Crippen LogP contribution in [0.3, 0.4) is 0 Å². The highest BCUT2D eigenvalue weighted by Gasteiger charge is 1.99. The maximum Gasteiger partial charge on any atom is 0.0361 e. The first-order valence-corrected chi connectivity index (χ1v) is 13.1. The summed E-state index contributed by atoms with van der Waals surface area (Å²) in [4.78, 5) is 4.22. The molecule has 0 bridgehead atoms. The fraction of sp³-hybridized carbons (Fsp3) is 0.118. The van der Waals surface area contributed by atoms with E-state index in [1.807, 2.05) is 0 Å². The number of hydrogen-bond donors (Lipinski definition) is 0. The Labute approximate surface area is 230 Å². The molecule has 3 heteroatoms. The van der Waals surface area contributed by atoms with Crippen LogP contribution in [0.2, 0.25) is 0 Å². The van der Waals surface area contributed by atoms with Crippen LogP contribution in [-0.4, -0.2) is 28.2 Å². The molecule has 0 aliphatic heterocycles. The van der Waals surface area contributed by atoms with Crippen molar-refractivity contribution in [2.75, 3.05) is 38.0 Å². The van der Waals surface area contributed by atoms with E-state index in [4.69, 9.17) is 0 Å². The number of rotatable bonds is 8. The van der Waals surface area contributed by atoms with Gasteiger partial charge in [-0.05, 0) is 88.0 Å². The number of benzene rings is 4. The molecule has 2 nitrogen and oxygen atoms in total. The van der Waals surface area contributed by atoms with Gasteiger partial charge in [-0.15, -0.1) is 0 Å². The van der Waals surface area contributed by atoms with Gasteiger partial charge >= 0.3 is 0 Å². The van der Waals surface area contributed by atoms with Crippen LogP contribution in [0.25, 0.3) is 36.5 Å². The lowest BCUT2D eigenvalue weighted by Gasteiger charge is -2.11. The lowest BCUT2D eigenvalue weighted by atomic mass is 10.0. The summed E-state index contributed by atoms with van der Waals surface area (Å²) in [6.45, 7) is 0. The SMILES string of the molecule is CN(C)c1ccc(/C=C/c2cc(/C=C/c3ccc(Br)cc3)cc(/C=C/c3ccc(N(C)C)cc3)c2)cc1. The van der Waals surface area contributed by atoms with Crippen LogP contribution in [-0.2, 0) is 0 Å². The Hall–Kier alpha value is -3.82. The van der Waals surface area contributed by atoms with Gasteiger partial charge < -0.3 is 9.80 Å². The first kappa shape index (κ1) is 26.2. The summed E-state index contributed by atoms with van der Waals surface area (Å²) in [7, 11) is 8.24. The zero-order chi connectivity index (χ0) is 26.2. The molecule has 0 aliphatic carbocycles. The molecule has 0 fully saturated rings. The zero-order valence-electron chi connectivity index (χ0n) is 21.9. The van der Waals surface area contributed by atoms with Crippen molar-refractivity contribution >= 4 is 63.8 Å². The first-order valence-electron chi connectivity index (χ1n) is 12.4. The van der Waals surface area contributed by atoms with Gasteiger partial charge in [0.15, 0.2) is 0 Å². The van der Waals surface area contributed by atoms with Crippen molar-refractivity contribution in [3.8, 4) is 0 Å². The number of hydrogen-bond acceptors (Lipinski definition) is 2. The fourth-order valence-corrected chi connectivity index (χ4v) is 4.17. The Kier molecular flexibility index (Phi) is 8.81. The molecule has 0 aliphatic rings. The minimum Gasteiger partial charge on any atom is -0.378 e. The fourth-order valence-electron chi connectivity index (χ4n) is 3.91. The van der Waals surface area contributed by atoms with Gasteiger partial charge in [0.2, 0.25) is 0 Å². The van der Waals surface area contributed by atoms with E-state index in [1.54, 1.807) is 0 Å². The summed E-state index contributed by atoms with van der Waals surface area (Å²) in [5.74, 6) is 0. The van der Waals surface area contributed by atoms with Crippen molar-refractivity contribution < 1.29 is 0 Å². The lowest BCUT2D eigenvalue weighted by Crippen LogP contribution is -2.07. The predicted molar refractivity (Wildman–Crippen MR) is 169 cm³/mol. The molecule has 4 rings (SSSR count). The standard InChI is InChI=1S/C34H33BrN2/c1-36(2)33-19-13-27(14-20-33)6-9-30-23-29(8-5-26-11-17-32(35)18-12-26)24-31(25-30)10-7-28-15-21-34(22-16-28)37(3)4/h5-25H,1-4H3/b8-5+,9-6+,10-7+. The van der Waals surface area contributed by atoms with E-state index in [-0.39, 0.29) is 0 Å². The molecular weight excluding hydrogens is 516 g/mol. The normalized spacial score (nSPS) is 11.6. The second kappa shape index (κ2) is 12.4. The van der Waals surface area contributed by atoms with E-state index in [9.17, 15) is 0 Å². The molecule has 0 saturated heterocycles. The topological polar surface area (TPSA) is 6.48 Å². The van der Waals surface area contributed by atoms with Crippen molar-refractivity contribution in [2.24, 2.45) is 0 Å². The summed E-state index contributed by atoms with van der Waals surface area (Å²) < 4.78 is 1.08. The molecule has 0 amide bonds. The molecule has 0 spiro atoms. The maximum atomic E-state index is 3.51. The first-order chi connectivity index (χ1) is 17.9. The predicted octanol–water partition coefficient (Wildman–Crippen LogP) is 9.09. The van der Waals surface area contributed by atoms with Gasteiger partial charge in [0.1, 0.15) is 0 Å². The highest BCUT2D eigenvalue weighted by molar-refractivity contribution is 9.10. The smallest absolute Gasteiger partial charge is 0.0361 e. The Morgan fingerprint density at radius 3 is 0.973 bits per heavy atom. The number of nitrogens with zero attached hydrogens (tertiary/aromatic N) is 2. The van der Waals surface area contributed by atoms with Crippen molar-refractivity contribution in [1.29, 1.82) is 0 Å². The van der Waals surface area contributed by atoms with Crippen LogP contribution in [0.15, 0.2) is 95.5 Å². The van der Waals surface area contributed by atoms with E-state index < -0.39 is 0 Å². The number of halogens is 1. The largest absolute Gasteiger partial charge is 0.378 e. The van der Waals surface area contributed by atoms with E-state index >= 15 is 0 Å². The quantitative estimate of drug-likeness (QED) is 0.202. The molecule has 186 valence electrons. The van der Waals surface area contributed by atoms with Crippen LogP contribution in [0.5, 0.6) is 0 Å². The van der Waals surface area contributed by atoms with E-state index in [0.29, 0.717) is 0 Å². The Bertz CT molecular complexity index is 1310. The van der Waals surface area contributed by atoms with Crippen molar-refractivity contribution in [3.63, 3.8) is 0 Å². The minimum atomic E-state index is 1.08. The lowest BCUT2D eigenvalue weighted by molar-refractivity contribution is 1.13. The molecule has 4 aromatic rings. The third-order valence-corrected chi connectivity index (χ3v) is 6.62. The van der Waals surface area contributed by atoms with Gasteiger partial charge in [-0.1, -0.05) is 88.8 Å². The van der Waals surface area contributed by atoms with Crippen LogP contribution < -0.4 is 9.80 Å².